The summed E-state index contributed by atoms with van der Waals surface area (Å²) in [4.78, 5) is 34.5. The zero-order chi connectivity index (χ0) is 30.4. The number of hydrogen-bond donors (Lipinski definition) is 2. The van der Waals surface area contributed by atoms with Crippen molar-refractivity contribution in [2.75, 3.05) is 17.7 Å². The van der Waals surface area contributed by atoms with E-state index in [0.717, 1.165) is 0 Å². The Balaban J connectivity index is 1.80. The first kappa shape index (κ1) is 29.7. The Bertz CT molecular complexity index is 1790. The topological polar surface area (TPSA) is 121 Å². The van der Waals surface area contributed by atoms with Gasteiger partial charge in [-0.2, -0.15) is 0 Å². The lowest BCUT2D eigenvalue weighted by molar-refractivity contribution is -0.143. The van der Waals surface area contributed by atoms with Gasteiger partial charge in [0.15, 0.2) is 11.6 Å². The molecule has 11 heteroatoms. The van der Waals surface area contributed by atoms with Crippen LogP contribution in [0.3, 0.4) is 0 Å². The van der Waals surface area contributed by atoms with Crippen LogP contribution < -0.4 is 21.2 Å². The number of ether oxygens (including phenoxy) is 2. The first-order chi connectivity index (χ1) is 20.1. The molecule has 216 valence electrons. The van der Waals surface area contributed by atoms with E-state index in [1.54, 1.807) is 36.6 Å². The van der Waals surface area contributed by atoms with Crippen LogP contribution in [0.1, 0.15) is 25.0 Å². The minimum absolute atomic E-state index is 0.0452. The average Bonchev–Trinajstić information content (AvgIpc) is 2.95. The van der Waals surface area contributed by atoms with Gasteiger partial charge >= 0.3 is 5.97 Å². The maximum absolute atomic E-state index is 15.1. The standard InChI is InChI=1S/C31H29F2N5O4/c1-5-20(8-7-18(3)32)22-16-38(17-27(39)41-6-2)24-11-13-36-31(28(24)29(22)40)37-21-9-10-26(23(33)15-21)42-25-12-14-35-30(34)19(25)4/h5,7-16H,1,6,17H2,2-4H3,(H2,34,35)(H,36,37)/b18-7+,20-8+. The summed E-state index contributed by atoms with van der Waals surface area (Å²) in [5.41, 5.74) is 7.06. The average molecular weight is 574 g/mol. The molecule has 4 rings (SSSR count). The first-order valence-corrected chi connectivity index (χ1v) is 12.9. The minimum Gasteiger partial charge on any atom is -0.465 e. The molecule has 0 radical (unpaired) electrons. The number of nitrogens with two attached hydrogens (primary N) is 1. The quantitative estimate of drug-likeness (QED) is 0.166. The molecule has 0 fully saturated rings. The van der Waals surface area contributed by atoms with Crippen LogP contribution in [0.5, 0.6) is 11.5 Å². The largest absolute Gasteiger partial charge is 0.465 e. The molecule has 42 heavy (non-hydrogen) atoms. The van der Waals surface area contributed by atoms with Crippen molar-refractivity contribution in [1.82, 2.24) is 14.5 Å². The van der Waals surface area contributed by atoms with E-state index in [0.29, 0.717) is 22.4 Å². The third kappa shape index (κ3) is 6.52. The summed E-state index contributed by atoms with van der Waals surface area (Å²) >= 11 is 0. The number of halogens is 2. The maximum Gasteiger partial charge on any atom is 0.325 e. The monoisotopic (exact) mass is 573 g/mol. The van der Waals surface area contributed by atoms with Gasteiger partial charge in [0.25, 0.3) is 0 Å². The molecule has 0 saturated heterocycles. The second-order valence-electron chi connectivity index (χ2n) is 9.13. The van der Waals surface area contributed by atoms with E-state index in [-0.39, 0.29) is 47.2 Å². The number of carbonyl (C=O) groups excluding carboxylic acids is 1. The van der Waals surface area contributed by atoms with Gasteiger partial charge in [0.2, 0.25) is 5.43 Å². The number of nitrogen functional groups attached to an aromatic ring is 1. The molecule has 3 heterocycles. The Kier molecular flexibility index (Phi) is 9.11. The highest BCUT2D eigenvalue weighted by Gasteiger charge is 2.18. The number of pyridine rings is 3. The van der Waals surface area contributed by atoms with Gasteiger partial charge in [0.05, 0.1) is 23.3 Å². The third-order valence-electron chi connectivity index (χ3n) is 6.23. The highest BCUT2D eigenvalue weighted by Crippen LogP contribution is 2.32. The Morgan fingerprint density at radius 1 is 1.17 bits per heavy atom. The lowest BCUT2D eigenvalue weighted by Crippen LogP contribution is -2.20. The van der Waals surface area contributed by atoms with Gasteiger partial charge in [-0.05, 0) is 56.7 Å². The summed E-state index contributed by atoms with van der Waals surface area (Å²) in [7, 11) is 0. The fraction of sp³-hybridized carbons (Fsp3) is 0.161. The highest BCUT2D eigenvalue weighted by atomic mass is 19.1. The van der Waals surface area contributed by atoms with Crippen molar-refractivity contribution in [3.8, 4) is 11.5 Å². The lowest BCUT2D eigenvalue weighted by Gasteiger charge is -2.16. The molecule has 0 bridgehead atoms. The number of rotatable bonds is 10. The predicted octanol–water partition coefficient (Wildman–Crippen LogP) is 6.36. The van der Waals surface area contributed by atoms with Crippen LogP contribution >= 0.6 is 0 Å². The van der Waals surface area contributed by atoms with Gasteiger partial charge < -0.3 is 25.1 Å². The zero-order valence-electron chi connectivity index (χ0n) is 23.3. The van der Waals surface area contributed by atoms with Crippen LogP contribution in [0.25, 0.3) is 16.5 Å². The summed E-state index contributed by atoms with van der Waals surface area (Å²) in [5.74, 6) is -0.974. The van der Waals surface area contributed by atoms with Gasteiger partial charge in [0, 0.05) is 41.5 Å². The van der Waals surface area contributed by atoms with E-state index >= 15 is 4.39 Å². The van der Waals surface area contributed by atoms with Gasteiger partial charge in [-0.1, -0.05) is 18.7 Å². The zero-order valence-corrected chi connectivity index (χ0v) is 23.3. The maximum atomic E-state index is 15.1. The van der Waals surface area contributed by atoms with Crippen molar-refractivity contribution >= 4 is 39.8 Å². The van der Waals surface area contributed by atoms with Crippen molar-refractivity contribution in [2.45, 2.75) is 27.3 Å². The number of carbonyl (C=O) groups is 1. The van der Waals surface area contributed by atoms with E-state index in [1.165, 1.54) is 55.9 Å². The molecule has 3 N–H and O–H groups in total. The highest BCUT2D eigenvalue weighted by molar-refractivity contribution is 5.94. The third-order valence-corrected chi connectivity index (χ3v) is 6.23. The summed E-state index contributed by atoms with van der Waals surface area (Å²) in [6, 6.07) is 7.33. The number of aromatic nitrogens is 3. The molecule has 0 aliphatic carbocycles. The summed E-state index contributed by atoms with van der Waals surface area (Å²) in [5, 5.41) is 3.12. The number of benzene rings is 1. The first-order valence-electron chi connectivity index (χ1n) is 12.9. The summed E-state index contributed by atoms with van der Waals surface area (Å²) in [6.07, 6.45) is 8.42. The summed E-state index contributed by atoms with van der Waals surface area (Å²) in [6.45, 7) is 8.39. The van der Waals surface area contributed by atoms with E-state index in [2.05, 4.69) is 21.9 Å². The summed E-state index contributed by atoms with van der Waals surface area (Å²) < 4.78 is 41.0. The predicted molar refractivity (Wildman–Crippen MR) is 159 cm³/mol. The SMILES string of the molecule is C=C/C(=C\C=C(/C)F)c1cn(CC(=O)OCC)c2ccnc(Nc3ccc(Oc4ccnc(N)c4C)c(F)c3)c2c1=O. The Morgan fingerprint density at radius 3 is 2.62 bits per heavy atom. The van der Waals surface area contributed by atoms with Crippen molar-refractivity contribution in [2.24, 2.45) is 0 Å². The van der Waals surface area contributed by atoms with Gasteiger partial charge in [-0.3, -0.25) is 9.59 Å². The van der Waals surface area contributed by atoms with Gasteiger partial charge in [0.1, 0.15) is 23.9 Å². The normalized spacial score (nSPS) is 11.8. The van der Waals surface area contributed by atoms with Crippen LogP contribution in [0.4, 0.5) is 26.1 Å². The Hall–Kier alpha value is -5.32. The molecule has 9 nitrogen and oxygen atoms in total. The molecule has 0 atom stereocenters. The van der Waals surface area contributed by atoms with E-state index in [1.807, 2.05) is 0 Å². The van der Waals surface area contributed by atoms with E-state index in [9.17, 15) is 14.0 Å². The molecule has 0 amide bonds. The van der Waals surface area contributed by atoms with Crippen molar-refractivity contribution in [3.05, 3.63) is 107 Å². The molecule has 0 saturated carbocycles. The second kappa shape index (κ2) is 12.9. The molecule has 0 aliphatic heterocycles. The Labute approximate surface area is 240 Å². The molecule has 0 spiro atoms. The van der Waals surface area contributed by atoms with Crippen molar-refractivity contribution in [1.29, 1.82) is 0 Å². The van der Waals surface area contributed by atoms with E-state index in [4.69, 9.17) is 15.2 Å². The second-order valence-corrected chi connectivity index (χ2v) is 9.13. The number of anilines is 3. The Morgan fingerprint density at radius 2 is 1.93 bits per heavy atom. The lowest BCUT2D eigenvalue weighted by atomic mass is 10.0. The molecular formula is C31H29F2N5O4. The number of esters is 1. The van der Waals surface area contributed by atoms with Crippen LogP contribution in [0.15, 0.2) is 84.4 Å². The number of fused-ring (bicyclic) bond motifs is 1. The minimum atomic E-state index is -0.680. The molecule has 0 unspecified atom stereocenters. The number of nitrogens with one attached hydrogen (secondary N) is 1. The van der Waals surface area contributed by atoms with Crippen molar-refractivity contribution in [3.63, 3.8) is 0 Å². The number of hydrogen-bond acceptors (Lipinski definition) is 8. The van der Waals surface area contributed by atoms with Crippen LogP contribution in [-0.4, -0.2) is 27.1 Å². The van der Waals surface area contributed by atoms with Crippen molar-refractivity contribution < 1.29 is 23.0 Å². The fourth-order valence-corrected chi connectivity index (χ4v) is 4.14. The number of nitrogens with zero attached hydrogens (tertiary/aromatic N) is 3. The molecule has 3 aromatic heterocycles. The molecular weight excluding hydrogens is 544 g/mol. The molecule has 4 aromatic rings. The van der Waals surface area contributed by atoms with Crippen LogP contribution in [0, 0.1) is 12.7 Å². The van der Waals surface area contributed by atoms with Gasteiger partial charge in [-0.25, -0.2) is 18.7 Å². The number of allylic oxidation sites excluding steroid dienone is 5. The van der Waals surface area contributed by atoms with Crippen LogP contribution in [-0.2, 0) is 16.1 Å². The van der Waals surface area contributed by atoms with E-state index < -0.39 is 23.0 Å². The smallest absolute Gasteiger partial charge is 0.325 e. The fourth-order valence-electron chi connectivity index (χ4n) is 4.14. The molecule has 1 aromatic carbocycles. The van der Waals surface area contributed by atoms with Crippen LogP contribution in [0.2, 0.25) is 0 Å². The van der Waals surface area contributed by atoms with Gasteiger partial charge in [-0.15, -0.1) is 0 Å². The molecule has 0 aliphatic rings.